The van der Waals surface area contributed by atoms with E-state index in [-0.39, 0.29) is 10.7 Å². The van der Waals surface area contributed by atoms with Crippen LogP contribution in [0.5, 0.6) is 0 Å². The van der Waals surface area contributed by atoms with Crippen LogP contribution in [0.3, 0.4) is 0 Å². The fourth-order valence-electron chi connectivity index (χ4n) is 1.65. The highest BCUT2D eigenvalue weighted by Crippen LogP contribution is 2.32. The maximum Gasteiger partial charge on any atom is 0.345 e. The van der Waals surface area contributed by atoms with Crippen molar-refractivity contribution in [1.82, 2.24) is 0 Å². The van der Waals surface area contributed by atoms with Crippen LogP contribution in [0.15, 0.2) is 41.6 Å². The molecule has 4 nitrogen and oxygen atoms in total. The topological polar surface area (TPSA) is 58.9 Å². The van der Waals surface area contributed by atoms with Gasteiger partial charge in [-0.25, -0.2) is 9.18 Å². The number of aromatic carboxylic acids is 1. The van der Waals surface area contributed by atoms with Gasteiger partial charge in [-0.2, -0.15) is 0 Å². The van der Waals surface area contributed by atoms with Crippen molar-refractivity contribution < 1.29 is 19.1 Å². The first-order valence-electron chi connectivity index (χ1n) is 5.84. The van der Waals surface area contributed by atoms with Gasteiger partial charge in [-0.1, -0.05) is 17.3 Å². The maximum atomic E-state index is 13.0. The van der Waals surface area contributed by atoms with E-state index >= 15 is 0 Å². The number of rotatable bonds is 5. The lowest BCUT2D eigenvalue weighted by Crippen LogP contribution is -2.01. The standard InChI is InChI=1S/C14H12FNO3S/c1-2-16-19-13(9-3-5-10(15)6-4-9)11-7-8-12(20-11)14(17)18/h2-8,13H,1H3,(H,17,18)/b16-2+. The third-order valence-electron chi connectivity index (χ3n) is 2.54. The Labute approximate surface area is 119 Å². The van der Waals surface area contributed by atoms with Crippen molar-refractivity contribution in [2.24, 2.45) is 5.16 Å². The molecule has 1 unspecified atom stereocenters. The molecule has 2 aromatic rings. The average Bonchev–Trinajstić information content (AvgIpc) is 2.91. The molecule has 2 rings (SSSR count). The minimum Gasteiger partial charge on any atom is -0.477 e. The zero-order valence-corrected chi connectivity index (χ0v) is 11.4. The molecule has 1 aromatic carbocycles. The second-order valence-electron chi connectivity index (χ2n) is 3.91. The number of hydrogen-bond acceptors (Lipinski definition) is 4. The van der Waals surface area contributed by atoms with Crippen molar-refractivity contribution in [2.45, 2.75) is 13.0 Å². The van der Waals surface area contributed by atoms with E-state index in [2.05, 4.69) is 5.16 Å². The third kappa shape index (κ3) is 3.21. The molecule has 0 saturated carbocycles. The minimum absolute atomic E-state index is 0.219. The molecule has 0 spiro atoms. The Morgan fingerprint density at radius 3 is 2.60 bits per heavy atom. The Hall–Kier alpha value is -2.21. The fourth-order valence-corrected chi connectivity index (χ4v) is 2.54. The smallest absolute Gasteiger partial charge is 0.345 e. The van der Waals surface area contributed by atoms with Crippen molar-refractivity contribution in [1.29, 1.82) is 0 Å². The lowest BCUT2D eigenvalue weighted by molar-refractivity contribution is 0.0702. The Bertz CT molecular complexity index is 622. The van der Waals surface area contributed by atoms with Crippen molar-refractivity contribution in [2.75, 3.05) is 0 Å². The van der Waals surface area contributed by atoms with Crippen molar-refractivity contribution >= 4 is 23.5 Å². The van der Waals surface area contributed by atoms with Gasteiger partial charge in [0.05, 0.1) is 4.88 Å². The van der Waals surface area contributed by atoms with E-state index in [1.807, 2.05) is 0 Å². The zero-order valence-electron chi connectivity index (χ0n) is 10.6. The largest absolute Gasteiger partial charge is 0.477 e. The Kier molecular flexibility index (Phi) is 4.47. The molecule has 1 heterocycles. The number of thiophene rings is 1. The molecule has 20 heavy (non-hydrogen) atoms. The molecule has 6 heteroatoms. The quantitative estimate of drug-likeness (QED) is 0.675. The van der Waals surface area contributed by atoms with Crippen LogP contribution in [-0.2, 0) is 4.84 Å². The summed E-state index contributed by atoms with van der Waals surface area (Å²) in [6.45, 7) is 1.71. The van der Waals surface area contributed by atoms with E-state index in [9.17, 15) is 9.18 Å². The molecule has 0 amide bonds. The van der Waals surface area contributed by atoms with E-state index in [0.29, 0.717) is 10.4 Å². The lowest BCUT2D eigenvalue weighted by atomic mass is 10.1. The van der Waals surface area contributed by atoms with Gasteiger partial charge in [0.1, 0.15) is 10.7 Å². The Morgan fingerprint density at radius 2 is 2.05 bits per heavy atom. The van der Waals surface area contributed by atoms with Gasteiger partial charge in [-0.05, 0) is 31.2 Å². The van der Waals surface area contributed by atoms with E-state index in [4.69, 9.17) is 9.94 Å². The number of carboxylic acids is 1. The molecular weight excluding hydrogens is 281 g/mol. The second-order valence-corrected chi connectivity index (χ2v) is 5.02. The van der Waals surface area contributed by atoms with Crippen LogP contribution in [0, 0.1) is 5.82 Å². The van der Waals surface area contributed by atoms with Crippen molar-refractivity contribution in [3.8, 4) is 0 Å². The summed E-state index contributed by atoms with van der Waals surface area (Å²) in [5, 5.41) is 12.7. The summed E-state index contributed by atoms with van der Waals surface area (Å²) >= 11 is 1.11. The first-order chi connectivity index (χ1) is 9.61. The molecule has 1 atom stereocenters. The number of nitrogens with zero attached hydrogens (tertiary/aromatic N) is 1. The van der Waals surface area contributed by atoms with E-state index in [1.165, 1.54) is 24.4 Å². The number of oxime groups is 1. The average molecular weight is 293 g/mol. The zero-order chi connectivity index (χ0) is 14.5. The van der Waals surface area contributed by atoms with Gasteiger partial charge >= 0.3 is 5.97 Å². The van der Waals surface area contributed by atoms with Gasteiger partial charge in [0.25, 0.3) is 0 Å². The predicted molar refractivity (Wildman–Crippen MR) is 74.8 cm³/mol. The molecule has 1 aromatic heterocycles. The minimum atomic E-state index is -0.988. The number of carboxylic acid groups (broad SMARTS) is 1. The molecule has 0 radical (unpaired) electrons. The predicted octanol–water partition coefficient (Wildman–Crippen LogP) is 3.70. The molecule has 0 bridgehead atoms. The second kappa shape index (κ2) is 6.29. The highest BCUT2D eigenvalue weighted by atomic mass is 32.1. The molecule has 104 valence electrons. The van der Waals surface area contributed by atoms with Gasteiger partial charge in [0.15, 0.2) is 6.10 Å². The van der Waals surface area contributed by atoms with Crippen LogP contribution in [0.1, 0.15) is 33.1 Å². The lowest BCUT2D eigenvalue weighted by Gasteiger charge is -2.13. The SMILES string of the molecule is C/C=N/OC(c1ccc(F)cc1)c1ccc(C(=O)O)s1. The number of carbonyl (C=O) groups is 1. The van der Waals surface area contributed by atoms with Crippen LogP contribution in [0.2, 0.25) is 0 Å². The Morgan fingerprint density at radius 1 is 1.35 bits per heavy atom. The molecule has 0 aliphatic heterocycles. The fraction of sp³-hybridized carbons (Fsp3) is 0.143. The number of benzene rings is 1. The van der Waals surface area contributed by atoms with Crippen LogP contribution in [0.4, 0.5) is 4.39 Å². The molecule has 0 aliphatic carbocycles. The van der Waals surface area contributed by atoms with E-state index in [0.717, 1.165) is 11.3 Å². The van der Waals surface area contributed by atoms with Crippen LogP contribution >= 0.6 is 11.3 Å². The summed E-state index contributed by atoms with van der Waals surface area (Å²) in [7, 11) is 0. The number of halogens is 1. The summed E-state index contributed by atoms with van der Waals surface area (Å²) in [6.07, 6.45) is 0.937. The monoisotopic (exact) mass is 293 g/mol. The summed E-state index contributed by atoms with van der Waals surface area (Å²) in [4.78, 5) is 17.2. The first kappa shape index (κ1) is 14.2. The van der Waals surface area contributed by atoms with Gasteiger partial charge in [-0.3, -0.25) is 0 Å². The first-order valence-corrected chi connectivity index (χ1v) is 6.65. The maximum absolute atomic E-state index is 13.0. The van der Waals surface area contributed by atoms with Gasteiger partial charge < -0.3 is 9.94 Å². The van der Waals surface area contributed by atoms with Crippen LogP contribution in [0.25, 0.3) is 0 Å². The summed E-state index contributed by atoms with van der Waals surface area (Å²) in [5.41, 5.74) is 0.704. The van der Waals surface area contributed by atoms with Gasteiger partial charge in [0.2, 0.25) is 0 Å². The van der Waals surface area contributed by atoms with E-state index < -0.39 is 12.1 Å². The summed E-state index contributed by atoms with van der Waals surface area (Å²) in [5.74, 6) is -1.33. The molecule has 0 fully saturated rings. The highest BCUT2D eigenvalue weighted by Gasteiger charge is 2.20. The van der Waals surface area contributed by atoms with Crippen molar-refractivity contribution in [3.05, 3.63) is 57.5 Å². The van der Waals surface area contributed by atoms with Gasteiger partial charge in [0, 0.05) is 11.8 Å². The van der Waals surface area contributed by atoms with Crippen LogP contribution in [-0.4, -0.2) is 17.3 Å². The van der Waals surface area contributed by atoms with Crippen molar-refractivity contribution in [3.63, 3.8) is 0 Å². The molecular formula is C14H12FNO3S. The van der Waals surface area contributed by atoms with Gasteiger partial charge in [-0.15, -0.1) is 11.3 Å². The number of hydrogen-bond donors (Lipinski definition) is 1. The summed E-state index contributed by atoms with van der Waals surface area (Å²) in [6, 6.07) is 9.02. The van der Waals surface area contributed by atoms with E-state index in [1.54, 1.807) is 25.1 Å². The Balaban J connectivity index is 2.35. The normalized spacial score (nSPS) is 12.5. The molecule has 1 N–H and O–H groups in total. The summed E-state index contributed by atoms with van der Waals surface area (Å²) < 4.78 is 13.0. The highest BCUT2D eigenvalue weighted by molar-refractivity contribution is 7.14. The third-order valence-corrected chi connectivity index (χ3v) is 3.66. The molecule has 0 aliphatic rings. The molecule has 0 saturated heterocycles. The van der Waals surface area contributed by atoms with Crippen LogP contribution < -0.4 is 0 Å².